The first kappa shape index (κ1) is 25.2. The van der Waals surface area contributed by atoms with Crippen molar-refractivity contribution in [2.24, 2.45) is 5.92 Å². The van der Waals surface area contributed by atoms with E-state index in [0.29, 0.717) is 12.2 Å². The predicted octanol–water partition coefficient (Wildman–Crippen LogP) is 3.83. The van der Waals surface area contributed by atoms with Crippen molar-refractivity contribution in [1.29, 1.82) is 0 Å². The van der Waals surface area contributed by atoms with Crippen LogP contribution >= 0.6 is 0 Å². The maximum absolute atomic E-state index is 12.4. The molecule has 2 aromatic carbocycles. The number of methoxy groups -OCH3 is 1. The van der Waals surface area contributed by atoms with Crippen molar-refractivity contribution >= 4 is 12.1 Å². The van der Waals surface area contributed by atoms with E-state index in [1.54, 1.807) is 40.0 Å². The molecule has 0 aliphatic heterocycles. The molecular weight excluding hydrogens is 410 g/mol. The zero-order valence-electron chi connectivity index (χ0n) is 19.1. The van der Waals surface area contributed by atoms with Gasteiger partial charge in [0.1, 0.15) is 11.4 Å². The lowest BCUT2D eigenvalue weighted by Crippen LogP contribution is -2.47. The Hall–Kier alpha value is -3.06. The minimum absolute atomic E-state index is 0.0192. The summed E-state index contributed by atoms with van der Waals surface area (Å²) in [6.45, 7) is 5.26. The Bertz CT molecular complexity index is 860. The number of rotatable bonds is 10. The lowest BCUT2D eigenvalue weighted by atomic mass is 9.89. The van der Waals surface area contributed by atoms with Crippen LogP contribution in [0.15, 0.2) is 54.6 Å². The van der Waals surface area contributed by atoms with Crippen molar-refractivity contribution in [3.63, 3.8) is 0 Å². The Morgan fingerprint density at radius 1 is 0.969 bits per heavy atom. The molecule has 0 spiro atoms. The molecule has 0 aliphatic rings. The standard InChI is InChI=1S/C25H33NO6/c1-25(2,3)32-24(30)26-21(15-17-8-6-5-7-9-17)22(27)16-19(23(28)29)14-18-10-12-20(31-4)13-11-18/h5-13,19,21-22,27H,14-16H2,1-4H3,(H,26,30)(H,28,29). The Kier molecular flexibility index (Phi) is 9.08. The van der Waals surface area contributed by atoms with Gasteiger partial charge in [-0.2, -0.15) is 0 Å². The molecule has 7 nitrogen and oxygen atoms in total. The highest BCUT2D eigenvalue weighted by atomic mass is 16.6. The first-order valence-corrected chi connectivity index (χ1v) is 10.6. The second-order valence-electron chi connectivity index (χ2n) is 8.83. The summed E-state index contributed by atoms with van der Waals surface area (Å²) in [6.07, 6.45) is -1.16. The minimum atomic E-state index is -1.08. The van der Waals surface area contributed by atoms with Gasteiger partial charge < -0.3 is 25.0 Å². The molecule has 0 saturated heterocycles. The maximum atomic E-state index is 12.4. The van der Waals surface area contributed by atoms with Crippen LogP contribution in [0.25, 0.3) is 0 Å². The molecule has 174 valence electrons. The number of aliphatic hydroxyl groups is 1. The fourth-order valence-electron chi connectivity index (χ4n) is 3.38. The van der Waals surface area contributed by atoms with E-state index in [1.165, 1.54) is 0 Å². The lowest BCUT2D eigenvalue weighted by Gasteiger charge is -2.28. The summed E-state index contributed by atoms with van der Waals surface area (Å²) in [5, 5.41) is 23.4. The Morgan fingerprint density at radius 3 is 2.09 bits per heavy atom. The van der Waals surface area contributed by atoms with Gasteiger partial charge in [-0.25, -0.2) is 4.79 Å². The fourth-order valence-corrected chi connectivity index (χ4v) is 3.38. The van der Waals surface area contributed by atoms with Gasteiger partial charge in [-0.1, -0.05) is 42.5 Å². The quantitative estimate of drug-likeness (QED) is 0.516. The van der Waals surface area contributed by atoms with E-state index in [9.17, 15) is 19.8 Å². The summed E-state index contributed by atoms with van der Waals surface area (Å²) in [4.78, 5) is 24.3. The normalized spacial score (nSPS) is 14.2. The SMILES string of the molecule is COc1ccc(CC(CC(O)C(Cc2ccccc2)NC(=O)OC(C)(C)C)C(=O)O)cc1. The Balaban J connectivity index is 2.14. The van der Waals surface area contributed by atoms with Crippen molar-refractivity contribution < 1.29 is 29.3 Å². The number of carbonyl (C=O) groups is 2. The van der Waals surface area contributed by atoms with Crippen LogP contribution in [-0.4, -0.2) is 47.1 Å². The van der Waals surface area contributed by atoms with E-state index < -0.39 is 35.7 Å². The van der Waals surface area contributed by atoms with Gasteiger partial charge in [0.05, 0.1) is 25.2 Å². The molecule has 0 aliphatic carbocycles. The number of amides is 1. The number of carboxylic acid groups (broad SMARTS) is 1. The van der Waals surface area contributed by atoms with Crippen LogP contribution in [0.5, 0.6) is 5.75 Å². The molecule has 3 unspecified atom stereocenters. The summed E-state index contributed by atoms with van der Waals surface area (Å²) >= 11 is 0. The molecule has 0 bridgehead atoms. The van der Waals surface area contributed by atoms with Crippen molar-refractivity contribution in [2.75, 3.05) is 7.11 Å². The lowest BCUT2D eigenvalue weighted by molar-refractivity contribution is -0.143. The maximum Gasteiger partial charge on any atom is 0.407 e. The minimum Gasteiger partial charge on any atom is -0.497 e. The van der Waals surface area contributed by atoms with Crippen molar-refractivity contribution in [3.8, 4) is 5.75 Å². The first-order chi connectivity index (χ1) is 15.1. The number of aliphatic hydroxyl groups excluding tert-OH is 1. The van der Waals surface area contributed by atoms with E-state index in [4.69, 9.17) is 9.47 Å². The predicted molar refractivity (Wildman–Crippen MR) is 122 cm³/mol. The average Bonchev–Trinajstić information content (AvgIpc) is 2.72. The van der Waals surface area contributed by atoms with Crippen LogP contribution < -0.4 is 10.1 Å². The number of nitrogens with one attached hydrogen (secondary N) is 1. The van der Waals surface area contributed by atoms with Gasteiger partial charge in [0.15, 0.2) is 0 Å². The first-order valence-electron chi connectivity index (χ1n) is 10.6. The molecule has 2 rings (SSSR count). The monoisotopic (exact) mass is 443 g/mol. The molecule has 0 saturated carbocycles. The van der Waals surface area contributed by atoms with Gasteiger partial charge >= 0.3 is 12.1 Å². The van der Waals surface area contributed by atoms with E-state index in [-0.39, 0.29) is 12.8 Å². The third-order valence-corrected chi connectivity index (χ3v) is 4.98. The fraction of sp³-hybridized carbons (Fsp3) is 0.440. The van der Waals surface area contributed by atoms with Crippen LogP contribution in [0, 0.1) is 5.92 Å². The highest BCUT2D eigenvalue weighted by molar-refractivity contribution is 5.70. The number of hydrogen-bond acceptors (Lipinski definition) is 5. The zero-order valence-corrected chi connectivity index (χ0v) is 19.1. The van der Waals surface area contributed by atoms with Gasteiger partial charge in [0.25, 0.3) is 0 Å². The third-order valence-electron chi connectivity index (χ3n) is 4.98. The molecule has 7 heteroatoms. The average molecular weight is 444 g/mol. The number of carboxylic acids is 1. The molecule has 0 fully saturated rings. The van der Waals surface area contributed by atoms with Crippen LogP contribution in [0.1, 0.15) is 38.3 Å². The Labute approximate surface area is 189 Å². The van der Waals surface area contributed by atoms with Crippen molar-refractivity contribution in [3.05, 3.63) is 65.7 Å². The number of alkyl carbamates (subject to hydrolysis) is 1. The molecule has 0 aromatic heterocycles. The van der Waals surface area contributed by atoms with E-state index in [2.05, 4.69) is 5.32 Å². The van der Waals surface area contributed by atoms with E-state index in [0.717, 1.165) is 11.1 Å². The molecule has 32 heavy (non-hydrogen) atoms. The third kappa shape index (κ3) is 8.59. The molecule has 1 amide bonds. The summed E-state index contributed by atoms with van der Waals surface area (Å²) in [6, 6.07) is 15.9. The second kappa shape index (κ2) is 11.5. The van der Waals surface area contributed by atoms with Crippen LogP contribution in [0.4, 0.5) is 4.79 Å². The highest BCUT2D eigenvalue weighted by Gasteiger charge is 2.29. The van der Waals surface area contributed by atoms with Crippen LogP contribution in [0.2, 0.25) is 0 Å². The molecule has 0 heterocycles. The van der Waals surface area contributed by atoms with Crippen molar-refractivity contribution in [2.45, 2.75) is 57.8 Å². The Morgan fingerprint density at radius 2 is 1.56 bits per heavy atom. The molecule has 0 radical (unpaired) electrons. The molecular formula is C25H33NO6. The van der Waals surface area contributed by atoms with E-state index >= 15 is 0 Å². The van der Waals surface area contributed by atoms with Gasteiger partial charge in [-0.3, -0.25) is 4.79 Å². The summed E-state index contributed by atoms with van der Waals surface area (Å²) in [7, 11) is 1.57. The molecule has 3 atom stereocenters. The van der Waals surface area contributed by atoms with Gasteiger partial charge in [-0.15, -0.1) is 0 Å². The number of hydrogen-bond donors (Lipinski definition) is 3. The second-order valence-corrected chi connectivity index (χ2v) is 8.83. The number of carbonyl (C=O) groups excluding carboxylic acids is 1. The van der Waals surface area contributed by atoms with Gasteiger partial charge in [-0.05, 0) is 63.3 Å². The zero-order chi connectivity index (χ0) is 23.7. The highest BCUT2D eigenvalue weighted by Crippen LogP contribution is 2.21. The van der Waals surface area contributed by atoms with Gasteiger partial charge in [0, 0.05) is 0 Å². The molecule has 2 aromatic rings. The number of ether oxygens (including phenoxy) is 2. The van der Waals surface area contributed by atoms with E-state index in [1.807, 2.05) is 42.5 Å². The van der Waals surface area contributed by atoms with Crippen LogP contribution in [0.3, 0.4) is 0 Å². The van der Waals surface area contributed by atoms with Crippen LogP contribution in [-0.2, 0) is 22.4 Å². The smallest absolute Gasteiger partial charge is 0.407 e. The largest absolute Gasteiger partial charge is 0.497 e. The number of aliphatic carboxylic acids is 1. The summed E-state index contributed by atoms with van der Waals surface area (Å²) in [5.74, 6) is -1.14. The summed E-state index contributed by atoms with van der Waals surface area (Å²) < 4.78 is 10.5. The number of benzene rings is 2. The molecule has 3 N–H and O–H groups in total. The van der Waals surface area contributed by atoms with Crippen molar-refractivity contribution in [1.82, 2.24) is 5.32 Å². The summed E-state index contributed by atoms with van der Waals surface area (Å²) in [5.41, 5.74) is 1.05. The van der Waals surface area contributed by atoms with Gasteiger partial charge in [0.2, 0.25) is 0 Å². The topological polar surface area (TPSA) is 105 Å².